The van der Waals surface area contributed by atoms with E-state index in [1.54, 1.807) is 14.2 Å². The zero-order chi connectivity index (χ0) is 14.8. The van der Waals surface area contributed by atoms with E-state index in [0.717, 1.165) is 18.7 Å². The van der Waals surface area contributed by atoms with Crippen molar-refractivity contribution in [3.8, 4) is 11.5 Å². The van der Waals surface area contributed by atoms with Crippen molar-refractivity contribution in [2.75, 3.05) is 34.0 Å². The highest BCUT2D eigenvalue weighted by Gasteiger charge is 2.06. The van der Waals surface area contributed by atoms with E-state index < -0.39 is 0 Å². The second kappa shape index (κ2) is 9.88. The molecule has 0 heterocycles. The van der Waals surface area contributed by atoms with Crippen LogP contribution < -0.4 is 14.8 Å². The molecule has 0 aliphatic carbocycles. The summed E-state index contributed by atoms with van der Waals surface area (Å²) in [5.41, 5.74) is 2.37. The first-order valence-corrected chi connectivity index (χ1v) is 6.96. The zero-order valence-electron chi connectivity index (χ0n) is 11.6. The molecule has 0 saturated heterocycles. The summed E-state index contributed by atoms with van der Waals surface area (Å²) in [4.78, 5) is 0. The fraction of sp³-hybridized carbons (Fsp3) is 0.429. The van der Waals surface area contributed by atoms with Crippen LogP contribution in [0.25, 0.3) is 0 Å². The van der Waals surface area contributed by atoms with Crippen LogP contribution in [0.3, 0.4) is 0 Å². The minimum atomic E-state index is 0.210. The van der Waals surface area contributed by atoms with Crippen LogP contribution in [0.5, 0.6) is 11.5 Å². The van der Waals surface area contributed by atoms with Crippen LogP contribution in [0.1, 0.15) is 5.56 Å². The SMILES string of the molecule is COCCNCc1ccc(OC)c(OCC(Cl)=CCl)c1. The first-order valence-electron chi connectivity index (χ1n) is 6.15. The van der Waals surface area contributed by atoms with Crippen LogP contribution in [0, 0.1) is 0 Å². The predicted molar refractivity (Wildman–Crippen MR) is 81.9 cm³/mol. The molecule has 0 aromatic heterocycles. The molecule has 112 valence electrons. The third-order valence-corrected chi connectivity index (χ3v) is 3.12. The highest BCUT2D eigenvalue weighted by atomic mass is 35.5. The molecule has 0 unspecified atom stereocenters. The summed E-state index contributed by atoms with van der Waals surface area (Å²) in [7, 11) is 3.27. The molecule has 20 heavy (non-hydrogen) atoms. The van der Waals surface area contributed by atoms with Gasteiger partial charge in [0.2, 0.25) is 0 Å². The molecule has 0 amide bonds. The van der Waals surface area contributed by atoms with Crippen LogP contribution in [0.15, 0.2) is 28.8 Å². The predicted octanol–water partition coefficient (Wildman–Crippen LogP) is 3.13. The molecular weight excluding hydrogens is 301 g/mol. The van der Waals surface area contributed by atoms with Crippen molar-refractivity contribution in [3.05, 3.63) is 34.3 Å². The molecule has 6 heteroatoms. The average Bonchev–Trinajstić information content (AvgIpc) is 2.49. The Morgan fingerprint density at radius 2 is 2.10 bits per heavy atom. The van der Waals surface area contributed by atoms with Crippen molar-refractivity contribution in [2.45, 2.75) is 6.54 Å². The van der Waals surface area contributed by atoms with Gasteiger partial charge in [-0.3, -0.25) is 0 Å². The molecule has 4 nitrogen and oxygen atoms in total. The van der Waals surface area contributed by atoms with E-state index >= 15 is 0 Å². The summed E-state index contributed by atoms with van der Waals surface area (Å²) in [5, 5.41) is 3.69. The molecule has 0 aliphatic heterocycles. The molecule has 1 rings (SSSR count). The van der Waals surface area contributed by atoms with Gasteiger partial charge in [0.1, 0.15) is 6.61 Å². The maximum absolute atomic E-state index is 5.81. The summed E-state index contributed by atoms with van der Waals surface area (Å²) in [5.74, 6) is 1.29. The van der Waals surface area contributed by atoms with E-state index in [1.807, 2.05) is 18.2 Å². The standard InChI is InChI=1S/C14H19Cl2NO3/c1-18-6-5-17-9-11-3-4-13(19-2)14(7-11)20-10-12(16)8-15/h3-4,7-8,17H,5-6,9-10H2,1-2H3. The van der Waals surface area contributed by atoms with Crippen molar-refractivity contribution < 1.29 is 14.2 Å². The molecule has 1 N–H and O–H groups in total. The highest BCUT2D eigenvalue weighted by molar-refractivity contribution is 6.36. The van der Waals surface area contributed by atoms with Crippen molar-refractivity contribution in [2.24, 2.45) is 0 Å². The average molecular weight is 320 g/mol. The molecule has 1 aromatic rings. The summed E-state index contributed by atoms with van der Waals surface area (Å²) < 4.78 is 15.8. The fourth-order valence-electron chi connectivity index (χ4n) is 1.53. The van der Waals surface area contributed by atoms with Gasteiger partial charge in [-0.1, -0.05) is 29.3 Å². The van der Waals surface area contributed by atoms with Gasteiger partial charge in [0.05, 0.1) is 18.7 Å². The largest absolute Gasteiger partial charge is 0.493 e. The lowest BCUT2D eigenvalue weighted by Gasteiger charge is -2.12. The van der Waals surface area contributed by atoms with E-state index in [1.165, 1.54) is 5.54 Å². The second-order valence-electron chi connectivity index (χ2n) is 4.00. The number of rotatable bonds is 9. The van der Waals surface area contributed by atoms with Gasteiger partial charge in [-0.2, -0.15) is 0 Å². The summed E-state index contributed by atoms with van der Waals surface area (Å²) in [6.45, 7) is 2.40. The molecule has 1 aromatic carbocycles. The molecule has 0 fully saturated rings. The van der Waals surface area contributed by atoms with Gasteiger partial charge >= 0.3 is 0 Å². The highest BCUT2D eigenvalue weighted by Crippen LogP contribution is 2.28. The van der Waals surface area contributed by atoms with Gasteiger partial charge in [0.15, 0.2) is 11.5 Å². The number of methoxy groups -OCH3 is 2. The molecule has 0 bridgehead atoms. The maximum atomic E-state index is 5.81. The van der Waals surface area contributed by atoms with Crippen LogP contribution in [-0.4, -0.2) is 34.0 Å². The first-order chi connectivity index (χ1) is 9.71. The third-order valence-electron chi connectivity index (χ3n) is 2.52. The molecule has 0 radical (unpaired) electrons. The normalized spacial score (nSPS) is 11.5. The van der Waals surface area contributed by atoms with Gasteiger partial charge in [-0.25, -0.2) is 0 Å². The fourth-order valence-corrected chi connectivity index (χ4v) is 1.65. The van der Waals surface area contributed by atoms with Gasteiger partial charge in [-0.05, 0) is 17.7 Å². The van der Waals surface area contributed by atoms with E-state index in [4.69, 9.17) is 37.4 Å². The van der Waals surface area contributed by atoms with Crippen LogP contribution in [-0.2, 0) is 11.3 Å². The Labute approximate surface area is 129 Å². The number of hydrogen-bond donors (Lipinski definition) is 1. The van der Waals surface area contributed by atoms with Gasteiger partial charge in [-0.15, -0.1) is 0 Å². The van der Waals surface area contributed by atoms with Gasteiger partial charge < -0.3 is 19.5 Å². The lowest BCUT2D eigenvalue weighted by Crippen LogP contribution is -2.18. The first kappa shape index (κ1) is 17.1. The Bertz CT molecular complexity index is 438. The van der Waals surface area contributed by atoms with Crippen molar-refractivity contribution in [1.82, 2.24) is 5.32 Å². The van der Waals surface area contributed by atoms with Crippen molar-refractivity contribution >= 4 is 23.2 Å². The Morgan fingerprint density at radius 1 is 1.30 bits per heavy atom. The minimum Gasteiger partial charge on any atom is -0.493 e. The van der Waals surface area contributed by atoms with Crippen LogP contribution >= 0.6 is 23.2 Å². The van der Waals surface area contributed by atoms with E-state index in [0.29, 0.717) is 23.1 Å². The lowest BCUT2D eigenvalue weighted by molar-refractivity contribution is 0.199. The Morgan fingerprint density at radius 3 is 2.75 bits per heavy atom. The topological polar surface area (TPSA) is 39.7 Å². The number of hydrogen-bond acceptors (Lipinski definition) is 4. The quantitative estimate of drug-likeness (QED) is 0.710. The summed E-state index contributed by atoms with van der Waals surface area (Å²) in [6.07, 6.45) is 0. The van der Waals surface area contributed by atoms with Crippen LogP contribution in [0.4, 0.5) is 0 Å². The molecule has 0 atom stereocenters. The summed E-state index contributed by atoms with van der Waals surface area (Å²) in [6, 6.07) is 5.75. The van der Waals surface area contributed by atoms with E-state index in [-0.39, 0.29) is 6.61 Å². The number of nitrogens with one attached hydrogen (secondary N) is 1. The monoisotopic (exact) mass is 319 g/mol. The third kappa shape index (κ3) is 6.01. The molecule has 0 spiro atoms. The number of halogens is 2. The van der Waals surface area contributed by atoms with E-state index in [2.05, 4.69) is 5.32 Å². The molecule has 0 saturated carbocycles. The van der Waals surface area contributed by atoms with Gasteiger partial charge in [0, 0.05) is 25.7 Å². The van der Waals surface area contributed by atoms with Crippen molar-refractivity contribution in [1.29, 1.82) is 0 Å². The lowest BCUT2D eigenvalue weighted by atomic mass is 10.2. The van der Waals surface area contributed by atoms with Gasteiger partial charge in [0.25, 0.3) is 0 Å². The summed E-state index contributed by atoms with van der Waals surface area (Å²) >= 11 is 11.3. The minimum absolute atomic E-state index is 0.210. The number of benzene rings is 1. The number of ether oxygens (including phenoxy) is 3. The smallest absolute Gasteiger partial charge is 0.162 e. The molecule has 0 aliphatic rings. The molecular formula is C14H19Cl2NO3. The van der Waals surface area contributed by atoms with Crippen molar-refractivity contribution in [3.63, 3.8) is 0 Å². The Balaban J connectivity index is 2.65. The zero-order valence-corrected chi connectivity index (χ0v) is 13.1. The Hall–Kier alpha value is -0.940. The van der Waals surface area contributed by atoms with Crippen LogP contribution in [0.2, 0.25) is 0 Å². The maximum Gasteiger partial charge on any atom is 0.162 e. The Kier molecular flexibility index (Phi) is 8.46. The second-order valence-corrected chi connectivity index (χ2v) is 4.70. The van der Waals surface area contributed by atoms with E-state index in [9.17, 15) is 0 Å².